The normalized spacial score (nSPS) is 19.2. The van der Waals surface area contributed by atoms with Crippen molar-refractivity contribution in [1.29, 1.82) is 0 Å². The molecule has 0 spiro atoms. The minimum Gasteiger partial charge on any atom is -0.370 e. The highest BCUT2D eigenvalue weighted by Gasteiger charge is 2.43. The van der Waals surface area contributed by atoms with E-state index >= 15 is 0 Å². The Labute approximate surface area is 185 Å². The fourth-order valence-corrected chi connectivity index (χ4v) is 4.65. The number of nitrogens with zero attached hydrogens (tertiary/aromatic N) is 3. The zero-order valence-corrected chi connectivity index (χ0v) is 18.4. The molecule has 1 heterocycles. The number of nitrogens with two attached hydrogens (primary N) is 1. The largest absolute Gasteiger partial charge is 0.370 e. The predicted molar refractivity (Wildman–Crippen MR) is 127 cm³/mol. The van der Waals surface area contributed by atoms with Crippen molar-refractivity contribution in [2.45, 2.75) is 44.6 Å². The number of amides is 1. The Hall–Kier alpha value is -3.02. The van der Waals surface area contributed by atoms with Gasteiger partial charge < -0.3 is 20.9 Å². The molecule has 0 radical (unpaired) electrons. The Bertz CT molecular complexity index is 895. The summed E-state index contributed by atoms with van der Waals surface area (Å²) in [5.74, 6) is 0.454. The number of rotatable bonds is 4. The maximum absolute atomic E-state index is 13.7. The zero-order valence-electron chi connectivity index (χ0n) is 18.4. The molecule has 164 valence electrons. The van der Waals surface area contributed by atoms with Crippen molar-refractivity contribution in [1.82, 2.24) is 4.90 Å². The van der Waals surface area contributed by atoms with Crippen LogP contribution in [0.3, 0.4) is 0 Å². The van der Waals surface area contributed by atoms with Crippen molar-refractivity contribution in [3.8, 4) is 0 Å². The van der Waals surface area contributed by atoms with E-state index in [1.165, 1.54) is 11.3 Å². The lowest BCUT2D eigenvalue weighted by molar-refractivity contribution is -0.138. The van der Waals surface area contributed by atoms with E-state index in [9.17, 15) is 4.79 Å². The Morgan fingerprint density at radius 3 is 2.23 bits per heavy atom. The van der Waals surface area contributed by atoms with Crippen molar-refractivity contribution < 1.29 is 4.79 Å². The first kappa shape index (κ1) is 21.2. The van der Waals surface area contributed by atoms with Crippen LogP contribution in [0.2, 0.25) is 0 Å². The summed E-state index contributed by atoms with van der Waals surface area (Å²) < 4.78 is 0. The Morgan fingerprint density at radius 2 is 1.58 bits per heavy atom. The van der Waals surface area contributed by atoms with Crippen LogP contribution < -0.4 is 16.0 Å². The second-order valence-corrected chi connectivity index (χ2v) is 8.70. The van der Waals surface area contributed by atoms with Gasteiger partial charge in [-0.2, -0.15) is 0 Å². The number of para-hydroxylation sites is 1. The SMILES string of the molecule is Cc1ccc(NC(N)=NC2(C(=O)N3CCN(c4ccccc4)CC3)CCCCC2)cc1. The molecule has 1 saturated carbocycles. The highest BCUT2D eigenvalue weighted by molar-refractivity contribution is 5.96. The van der Waals surface area contributed by atoms with Crippen LogP contribution in [0, 0.1) is 6.92 Å². The van der Waals surface area contributed by atoms with E-state index in [1.807, 2.05) is 35.2 Å². The van der Waals surface area contributed by atoms with Crippen molar-refractivity contribution >= 4 is 23.2 Å². The van der Waals surface area contributed by atoms with Gasteiger partial charge in [0.15, 0.2) is 5.96 Å². The van der Waals surface area contributed by atoms with E-state index in [1.54, 1.807) is 0 Å². The van der Waals surface area contributed by atoms with Gasteiger partial charge in [-0.3, -0.25) is 4.79 Å². The van der Waals surface area contributed by atoms with Crippen molar-refractivity contribution in [3.63, 3.8) is 0 Å². The molecule has 2 aliphatic rings. The number of aliphatic imine (C=N–C) groups is 1. The number of guanidine groups is 1. The summed E-state index contributed by atoms with van der Waals surface area (Å²) in [6.45, 7) is 5.17. The van der Waals surface area contributed by atoms with Crippen LogP contribution in [0.5, 0.6) is 0 Å². The van der Waals surface area contributed by atoms with Gasteiger partial charge in [0.2, 0.25) is 0 Å². The van der Waals surface area contributed by atoms with Crippen molar-refractivity contribution in [2.75, 3.05) is 36.4 Å². The molecule has 6 nitrogen and oxygen atoms in total. The molecule has 4 rings (SSSR count). The fourth-order valence-electron chi connectivity index (χ4n) is 4.65. The summed E-state index contributed by atoms with van der Waals surface area (Å²) in [5, 5.41) is 3.18. The number of piperazine rings is 1. The number of carbonyl (C=O) groups is 1. The molecule has 2 aromatic carbocycles. The third-order valence-electron chi connectivity index (χ3n) is 6.43. The van der Waals surface area contributed by atoms with Gasteiger partial charge in [-0.25, -0.2) is 4.99 Å². The van der Waals surface area contributed by atoms with Gasteiger partial charge >= 0.3 is 0 Å². The molecule has 0 bridgehead atoms. The van der Waals surface area contributed by atoms with E-state index in [0.717, 1.165) is 64.0 Å². The highest BCUT2D eigenvalue weighted by atomic mass is 16.2. The lowest BCUT2D eigenvalue weighted by atomic mass is 9.81. The number of benzene rings is 2. The molecule has 1 amide bonds. The average molecular weight is 420 g/mol. The third kappa shape index (κ3) is 5.01. The second-order valence-electron chi connectivity index (χ2n) is 8.70. The number of hydrogen-bond donors (Lipinski definition) is 2. The summed E-state index contributed by atoms with van der Waals surface area (Å²) >= 11 is 0. The lowest BCUT2D eigenvalue weighted by Crippen LogP contribution is -2.56. The molecule has 1 aliphatic heterocycles. The predicted octanol–water partition coefficient (Wildman–Crippen LogP) is 3.77. The standard InChI is InChI=1S/C25H33N5O/c1-20-10-12-21(13-11-20)27-24(26)28-25(14-6-3-7-15-25)23(31)30-18-16-29(17-19-30)22-8-4-2-5-9-22/h2,4-5,8-13H,3,6-7,14-19H2,1H3,(H3,26,27,28). The summed E-state index contributed by atoms with van der Waals surface area (Å²) in [7, 11) is 0. The molecule has 0 atom stereocenters. The first-order valence-electron chi connectivity index (χ1n) is 11.3. The molecule has 1 aliphatic carbocycles. The smallest absolute Gasteiger partial charge is 0.250 e. The molecular weight excluding hydrogens is 386 g/mol. The van der Waals surface area contributed by atoms with Gasteiger partial charge in [0.05, 0.1) is 0 Å². The first-order chi connectivity index (χ1) is 15.1. The monoisotopic (exact) mass is 419 g/mol. The van der Waals surface area contributed by atoms with E-state index in [2.05, 4.69) is 41.4 Å². The Balaban J connectivity index is 1.46. The first-order valence-corrected chi connectivity index (χ1v) is 11.3. The molecule has 2 fully saturated rings. The maximum atomic E-state index is 13.7. The number of aryl methyl sites for hydroxylation is 1. The maximum Gasteiger partial charge on any atom is 0.250 e. The molecule has 2 aromatic rings. The van der Waals surface area contributed by atoms with Crippen LogP contribution >= 0.6 is 0 Å². The van der Waals surface area contributed by atoms with E-state index in [0.29, 0.717) is 5.96 Å². The van der Waals surface area contributed by atoms with E-state index < -0.39 is 5.54 Å². The van der Waals surface area contributed by atoms with Gasteiger partial charge in [-0.05, 0) is 44.0 Å². The molecule has 31 heavy (non-hydrogen) atoms. The molecule has 0 unspecified atom stereocenters. The van der Waals surface area contributed by atoms with Crippen LogP contribution in [0.25, 0.3) is 0 Å². The van der Waals surface area contributed by atoms with Crippen LogP contribution in [0.15, 0.2) is 59.6 Å². The summed E-state index contributed by atoms with van der Waals surface area (Å²) in [6.07, 6.45) is 4.70. The average Bonchev–Trinajstić information content (AvgIpc) is 2.81. The number of anilines is 2. The van der Waals surface area contributed by atoms with Gasteiger partial charge in [0, 0.05) is 37.6 Å². The fraction of sp³-hybridized carbons (Fsp3) is 0.440. The zero-order chi connectivity index (χ0) is 21.7. The second kappa shape index (κ2) is 9.41. The Morgan fingerprint density at radius 1 is 0.935 bits per heavy atom. The van der Waals surface area contributed by atoms with Crippen molar-refractivity contribution in [2.24, 2.45) is 10.7 Å². The lowest BCUT2D eigenvalue weighted by Gasteiger charge is -2.41. The van der Waals surface area contributed by atoms with Crippen molar-refractivity contribution in [3.05, 3.63) is 60.2 Å². The number of hydrogen-bond acceptors (Lipinski definition) is 3. The minimum absolute atomic E-state index is 0.133. The van der Waals surface area contributed by atoms with Gasteiger partial charge in [-0.15, -0.1) is 0 Å². The molecule has 0 aromatic heterocycles. The number of carbonyl (C=O) groups excluding carboxylic acids is 1. The quantitative estimate of drug-likeness (QED) is 0.584. The molecule has 3 N–H and O–H groups in total. The summed E-state index contributed by atoms with van der Waals surface area (Å²) in [5.41, 5.74) is 8.84. The van der Waals surface area contributed by atoms with Gasteiger partial charge in [0.1, 0.15) is 5.54 Å². The highest BCUT2D eigenvalue weighted by Crippen LogP contribution is 2.34. The van der Waals surface area contributed by atoms with E-state index in [4.69, 9.17) is 10.7 Å². The minimum atomic E-state index is -0.741. The summed E-state index contributed by atoms with van der Waals surface area (Å²) in [4.78, 5) is 22.8. The van der Waals surface area contributed by atoms with E-state index in [-0.39, 0.29) is 5.91 Å². The van der Waals surface area contributed by atoms with Crippen LogP contribution in [-0.2, 0) is 4.79 Å². The molecule has 1 saturated heterocycles. The molecule has 6 heteroatoms. The topological polar surface area (TPSA) is 74.0 Å². The van der Waals surface area contributed by atoms with Crippen LogP contribution in [0.4, 0.5) is 11.4 Å². The Kier molecular flexibility index (Phi) is 6.44. The van der Waals surface area contributed by atoms with Crippen LogP contribution in [0.1, 0.15) is 37.7 Å². The van der Waals surface area contributed by atoms with Crippen LogP contribution in [-0.4, -0.2) is 48.5 Å². The number of nitrogens with one attached hydrogen (secondary N) is 1. The van der Waals surface area contributed by atoms with Gasteiger partial charge in [0.25, 0.3) is 5.91 Å². The van der Waals surface area contributed by atoms with Gasteiger partial charge in [-0.1, -0.05) is 55.2 Å². The summed E-state index contributed by atoms with van der Waals surface area (Å²) in [6, 6.07) is 18.4. The third-order valence-corrected chi connectivity index (χ3v) is 6.43. The molecular formula is C25H33N5O.